The monoisotopic (exact) mass is 142 g/mol. The number of rotatable bonds is 3. The second kappa shape index (κ2) is 4.76. The van der Waals surface area contributed by atoms with E-state index in [1.54, 1.807) is 0 Å². The zero-order chi connectivity index (χ0) is 7.98. The first-order chi connectivity index (χ1) is 4.70. The van der Waals surface area contributed by atoms with Crippen LogP contribution < -0.4 is 0 Å². The van der Waals surface area contributed by atoms with Crippen molar-refractivity contribution in [1.29, 1.82) is 0 Å². The Hall–Kier alpha value is -1.09. The topological polar surface area (TPSA) is 46.5 Å². The molecule has 0 aliphatic rings. The number of carbonyl (C=O) groups is 1. The van der Waals surface area contributed by atoms with Gasteiger partial charge in [-0.05, 0) is 5.57 Å². The largest absolute Gasteiger partial charge is 0.466 e. The fourth-order valence-corrected chi connectivity index (χ4v) is 0.307. The molecule has 0 atom stereocenters. The summed E-state index contributed by atoms with van der Waals surface area (Å²) in [4.78, 5) is 10.4. The Morgan fingerprint density at radius 2 is 2.30 bits per heavy atom. The van der Waals surface area contributed by atoms with Crippen LogP contribution in [-0.4, -0.2) is 24.8 Å². The number of aliphatic hydroxyl groups excluding tert-OH is 1. The van der Waals surface area contributed by atoms with Crippen LogP contribution in [-0.2, 0) is 9.53 Å². The fraction of sp³-hybridized carbons (Fsp3) is 0.286. The van der Waals surface area contributed by atoms with Crippen LogP contribution in [0.25, 0.3) is 0 Å². The predicted molar refractivity (Wildman–Crippen MR) is 37.4 cm³/mol. The Bertz CT molecular complexity index is 140. The van der Waals surface area contributed by atoms with Gasteiger partial charge >= 0.3 is 5.97 Å². The van der Waals surface area contributed by atoms with Crippen LogP contribution in [0, 0.1) is 0 Å². The van der Waals surface area contributed by atoms with E-state index in [1.807, 2.05) is 0 Å². The van der Waals surface area contributed by atoms with Crippen molar-refractivity contribution in [2.24, 2.45) is 0 Å². The number of ether oxygens (including phenoxy) is 1. The molecule has 1 N–H and O–H groups in total. The summed E-state index contributed by atoms with van der Waals surface area (Å²) in [6, 6.07) is 0. The van der Waals surface area contributed by atoms with Crippen molar-refractivity contribution >= 4 is 5.97 Å². The lowest BCUT2D eigenvalue weighted by Crippen LogP contribution is -1.94. The minimum Gasteiger partial charge on any atom is -0.466 e. The highest BCUT2D eigenvalue weighted by Crippen LogP contribution is 1.89. The maximum Gasteiger partial charge on any atom is 0.330 e. The molecule has 3 heteroatoms. The Labute approximate surface area is 59.6 Å². The predicted octanol–water partition coefficient (Wildman–Crippen LogP) is 0.264. The molecule has 56 valence electrons. The highest BCUT2D eigenvalue weighted by molar-refractivity contribution is 5.82. The van der Waals surface area contributed by atoms with Gasteiger partial charge in [-0.1, -0.05) is 12.7 Å². The SMILES string of the molecule is C=C(/C=C/C(=O)OC)CO. The van der Waals surface area contributed by atoms with Gasteiger partial charge in [-0.2, -0.15) is 0 Å². The van der Waals surface area contributed by atoms with Crippen molar-refractivity contribution in [1.82, 2.24) is 0 Å². The second-order valence-corrected chi connectivity index (χ2v) is 1.67. The maximum absolute atomic E-state index is 10.4. The number of methoxy groups -OCH3 is 1. The number of aliphatic hydroxyl groups is 1. The van der Waals surface area contributed by atoms with E-state index in [4.69, 9.17) is 5.11 Å². The first kappa shape index (κ1) is 8.91. The molecule has 0 radical (unpaired) electrons. The first-order valence-electron chi connectivity index (χ1n) is 2.75. The average molecular weight is 142 g/mol. The summed E-state index contributed by atoms with van der Waals surface area (Å²) < 4.78 is 4.30. The van der Waals surface area contributed by atoms with E-state index in [-0.39, 0.29) is 6.61 Å². The van der Waals surface area contributed by atoms with Crippen molar-refractivity contribution in [2.75, 3.05) is 13.7 Å². The summed E-state index contributed by atoms with van der Waals surface area (Å²) in [5.74, 6) is -0.449. The van der Waals surface area contributed by atoms with Gasteiger partial charge in [0.1, 0.15) is 0 Å². The highest BCUT2D eigenvalue weighted by atomic mass is 16.5. The van der Waals surface area contributed by atoms with Crippen LogP contribution in [0.2, 0.25) is 0 Å². The van der Waals surface area contributed by atoms with Crippen LogP contribution >= 0.6 is 0 Å². The molecule has 0 amide bonds. The maximum atomic E-state index is 10.4. The zero-order valence-corrected chi connectivity index (χ0v) is 5.83. The molecule has 0 aliphatic carbocycles. The van der Waals surface area contributed by atoms with E-state index >= 15 is 0 Å². The minimum atomic E-state index is -0.449. The van der Waals surface area contributed by atoms with Crippen LogP contribution in [0.3, 0.4) is 0 Å². The summed E-state index contributed by atoms with van der Waals surface area (Å²) in [5.41, 5.74) is 0.477. The highest BCUT2D eigenvalue weighted by Gasteiger charge is 1.89. The fourth-order valence-electron chi connectivity index (χ4n) is 0.307. The Morgan fingerprint density at radius 1 is 1.70 bits per heavy atom. The molecule has 0 bridgehead atoms. The van der Waals surface area contributed by atoms with Gasteiger partial charge < -0.3 is 9.84 Å². The summed E-state index contributed by atoms with van der Waals surface area (Å²) in [7, 11) is 1.29. The van der Waals surface area contributed by atoms with Crippen molar-refractivity contribution < 1.29 is 14.6 Å². The third-order valence-electron chi connectivity index (χ3n) is 0.859. The van der Waals surface area contributed by atoms with Gasteiger partial charge in [-0.15, -0.1) is 0 Å². The molecule has 0 unspecified atom stereocenters. The molecule has 0 saturated heterocycles. The zero-order valence-electron chi connectivity index (χ0n) is 5.83. The van der Waals surface area contributed by atoms with Gasteiger partial charge in [-0.3, -0.25) is 0 Å². The van der Waals surface area contributed by atoms with Gasteiger partial charge in [-0.25, -0.2) is 4.79 Å². The molecule has 0 rings (SSSR count). The smallest absolute Gasteiger partial charge is 0.330 e. The van der Waals surface area contributed by atoms with Crippen molar-refractivity contribution in [3.8, 4) is 0 Å². The summed E-state index contributed by atoms with van der Waals surface area (Å²) in [5, 5.41) is 8.42. The normalized spacial score (nSPS) is 9.80. The van der Waals surface area contributed by atoms with Crippen molar-refractivity contribution in [3.63, 3.8) is 0 Å². The van der Waals surface area contributed by atoms with E-state index in [0.29, 0.717) is 5.57 Å². The minimum absolute atomic E-state index is 0.145. The van der Waals surface area contributed by atoms with Crippen molar-refractivity contribution in [2.45, 2.75) is 0 Å². The number of esters is 1. The molecule has 0 aliphatic heterocycles. The van der Waals surface area contributed by atoms with E-state index in [1.165, 1.54) is 19.3 Å². The molecular formula is C7H10O3. The third kappa shape index (κ3) is 3.86. The first-order valence-corrected chi connectivity index (χ1v) is 2.75. The molecule has 0 aromatic heterocycles. The van der Waals surface area contributed by atoms with Crippen LogP contribution in [0.1, 0.15) is 0 Å². The van der Waals surface area contributed by atoms with Gasteiger partial charge in [0.25, 0.3) is 0 Å². The quantitative estimate of drug-likeness (QED) is 0.349. The van der Waals surface area contributed by atoms with Gasteiger partial charge in [0.2, 0.25) is 0 Å². The lowest BCUT2D eigenvalue weighted by molar-refractivity contribution is -0.134. The molecule has 0 fully saturated rings. The van der Waals surface area contributed by atoms with Crippen LogP contribution in [0.15, 0.2) is 24.3 Å². The number of carbonyl (C=O) groups excluding carboxylic acids is 1. The summed E-state index contributed by atoms with van der Waals surface area (Å²) >= 11 is 0. The molecule has 3 nitrogen and oxygen atoms in total. The van der Waals surface area contributed by atoms with E-state index in [0.717, 1.165) is 0 Å². The lowest BCUT2D eigenvalue weighted by atomic mass is 10.3. The van der Waals surface area contributed by atoms with E-state index in [2.05, 4.69) is 11.3 Å². The van der Waals surface area contributed by atoms with Gasteiger partial charge in [0.05, 0.1) is 13.7 Å². The lowest BCUT2D eigenvalue weighted by Gasteiger charge is -1.90. The van der Waals surface area contributed by atoms with Crippen LogP contribution in [0.5, 0.6) is 0 Å². The van der Waals surface area contributed by atoms with Crippen LogP contribution in [0.4, 0.5) is 0 Å². The van der Waals surface area contributed by atoms with Gasteiger partial charge in [0.15, 0.2) is 0 Å². The third-order valence-corrected chi connectivity index (χ3v) is 0.859. The Balaban J connectivity index is 3.75. The number of hydrogen-bond acceptors (Lipinski definition) is 3. The Morgan fingerprint density at radius 3 is 2.70 bits per heavy atom. The molecule has 0 aromatic rings. The molecule has 0 heterocycles. The Kier molecular flexibility index (Phi) is 4.24. The van der Waals surface area contributed by atoms with Crippen molar-refractivity contribution in [3.05, 3.63) is 24.3 Å². The molecule has 0 saturated carbocycles. The number of hydrogen-bond donors (Lipinski definition) is 1. The van der Waals surface area contributed by atoms with Gasteiger partial charge in [0, 0.05) is 6.08 Å². The molecular weight excluding hydrogens is 132 g/mol. The molecule has 0 spiro atoms. The second-order valence-electron chi connectivity index (χ2n) is 1.67. The standard InChI is InChI=1S/C7H10O3/c1-6(5-8)3-4-7(9)10-2/h3-4,8H,1,5H2,2H3/b4-3+. The van der Waals surface area contributed by atoms with E-state index < -0.39 is 5.97 Å². The molecule has 10 heavy (non-hydrogen) atoms. The summed E-state index contributed by atoms with van der Waals surface area (Å²) in [6.45, 7) is 3.29. The summed E-state index contributed by atoms with van der Waals surface area (Å²) in [6.07, 6.45) is 2.62. The average Bonchev–Trinajstić information content (AvgIpc) is 1.99. The van der Waals surface area contributed by atoms with E-state index in [9.17, 15) is 4.79 Å². The molecule has 0 aromatic carbocycles.